The first-order valence-electron chi connectivity index (χ1n) is 10.2. The SMILES string of the molecule is CCNC(=NCc1cccc(Cn2cncn2)c1)N(C)Cc1ccc(OC)cc1OC. The number of rotatable bonds is 9. The van der Waals surface area contributed by atoms with E-state index in [1.807, 2.05) is 29.9 Å². The standard InChI is InChI=1S/C23H30N6O2/c1-5-25-23(28(2)15-20-9-10-21(30-3)12-22(20)31-4)26-13-18-7-6-8-19(11-18)14-29-17-24-16-27-29/h6-12,16-17H,5,13-15H2,1-4H3,(H,25,26). The van der Waals surface area contributed by atoms with Gasteiger partial charge in [-0.1, -0.05) is 24.3 Å². The molecule has 0 bridgehead atoms. The second-order valence-corrected chi connectivity index (χ2v) is 7.12. The second kappa shape index (κ2) is 11.0. The van der Waals surface area contributed by atoms with Crippen molar-refractivity contribution in [1.82, 2.24) is 25.0 Å². The maximum atomic E-state index is 5.54. The number of methoxy groups -OCH3 is 2. The molecule has 3 aromatic rings. The zero-order chi connectivity index (χ0) is 22.1. The monoisotopic (exact) mass is 422 g/mol. The minimum Gasteiger partial charge on any atom is -0.497 e. The summed E-state index contributed by atoms with van der Waals surface area (Å²) in [6.07, 6.45) is 3.26. The van der Waals surface area contributed by atoms with Crippen LogP contribution in [0.3, 0.4) is 0 Å². The number of hydrogen-bond donors (Lipinski definition) is 1. The van der Waals surface area contributed by atoms with Crippen LogP contribution in [0.25, 0.3) is 0 Å². The largest absolute Gasteiger partial charge is 0.497 e. The third-order valence-corrected chi connectivity index (χ3v) is 4.81. The van der Waals surface area contributed by atoms with E-state index in [1.54, 1.807) is 26.9 Å². The molecular weight excluding hydrogens is 392 g/mol. The fraction of sp³-hybridized carbons (Fsp3) is 0.348. The maximum absolute atomic E-state index is 5.54. The van der Waals surface area contributed by atoms with Crippen LogP contribution in [0.1, 0.15) is 23.6 Å². The first-order chi connectivity index (χ1) is 15.1. The van der Waals surface area contributed by atoms with E-state index in [4.69, 9.17) is 14.5 Å². The van der Waals surface area contributed by atoms with E-state index in [9.17, 15) is 0 Å². The predicted molar refractivity (Wildman–Crippen MR) is 121 cm³/mol. The molecule has 1 N–H and O–H groups in total. The van der Waals surface area contributed by atoms with Crippen LogP contribution < -0.4 is 14.8 Å². The molecule has 0 fully saturated rings. The van der Waals surface area contributed by atoms with E-state index in [0.29, 0.717) is 19.6 Å². The summed E-state index contributed by atoms with van der Waals surface area (Å²) in [4.78, 5) is 10.9. The molecule has 0 saturated carbocycles. The van der Waals surface area contributed by atoms with E-state index in [1.165, 1.54) is 5.56 Å². The topological polar surface area (TPSA) is 76.8 Å². The highest BCUT2D eigenvalue weighted by Gasteiger charge is 2.11. The Bertz CT molecular complexity index is 987. The fourth-order valence-corrected chi connectivity index (χ4v) is 3.28. The summed E-state index contributed by atoms with van der Waals surface area (Å²) in [5.41, 5.74) is 3.37. The van der Waals surface area contributed by atoms with Crippen molar-refractivity contribution in [1.29, 1.82) is 0 Å². The number of ether oxygens (including phenoxy) is 2. The Morgan fingerprint density at radius 3 is 2.68 bits per heavy atom. The van der Waals surface area contributed by atoms with Gasteiger partial charge in [-0.3, -0.25) is 0 Å². The lowest BCUT2D eigenvalue weighted by Gasteiger charge is -2.23. The first kappa shape index (κ1) is 22.1. The van der Waals surface area contributed by atoms with E-state index in [2.05, 4.69) is 51.5 Å². The van der Waals surface area contributed by atoms with E-state index < -0.39 is 0 Å². The van der Waals surface area contributed by atoms with Gasteiger partial charge < -0.3 is 19.7 Å². The molecule has 3 rings (SSSR count). The average Bonchev–Trinajstić information content (AvgIpc) is 3.30. The molecule has 0 aliphatic carbocycles. The lowest BCUT2D eigenvalue weighted by Crippen LogP contribution is -2.38. The molecule has 0 spiro atoms. The van der Waals surface area contributed by atoms with Gasteiger partial charge in [-0.05, 0) is 30.2 Å². The van der Waals surface area contributed by atoms with Crippen LogP contribution in [0.2, 0.25) is 0 Å². The van der Waals surface area contributed by atoms with E-state index in [0.717, 1.165) is 35.1 Å². The highest BCUT2D eigenvalue weighted by atomic mass is 16.5. The molecule has 31 heavy (non-hydrogen) atoms. The predicted octanol–water partition coefficient (Wildman–Crippen LogP) is 2.94. The molecule has 164 valence electrons. The lowest BCUT2D eigenvalue weighted by atomic mass is 10.1. The molecule has 0 aliphatic rings. The Morgan fingerprint density at radius 1 is 1.13 bits per heavy atom. The fourth-order valence-electron chi connectivity index (χ4n) is 3.28. The van der Waals surface area contributed by atoms with Crippen molar-refractivity contribution in [2.75, 3.05) is 27.8 Å². The molecule has 0 amide bonds. The summed E-state index contributed by atoms with van der Waals surface area (Å²) in [7, 11) is 5.34. The summed E-state index contributed by atoms with van der Waals surface area (Å²) in [5, 5.41) is 7.54. The number of guanidine groups is 1. The number of hydrogen-bond acceptors (Lipinski definition) is 5. The van der Waals surface area contributed by atoms with Crippen LogP contribution in [-0.2, 0) is 19.6 Å². The van der Waals surface area contributed by atoms with E-state index >= 15 is 0 Å². The van der Waals surface area contributed by atoms with Crippen molar-refractivity contribution >= 4 is 5.96 Å². The van der Waals surface area contributed by atoms with Crippen LogP contribution in [0.15, 0.2) is 60.1 Å². The number of nitrogens with one attached hydrogen (secondary N) is 1. The molecule has 8 nitrogen and oxygen atoms in total. The van der Waals surface area contributed by atoms with Crippen molar-refractivity contribution in [3.05, 3.63) is 71.8 Å². The summed E-state index contributed by atoms with van der Waals surface area (Å²) in [6, 6.07) is 14.2. The van der Waals surface area contributed by atoms with Crippen LogP contribution in [-0.4, -0.2) is 53.4 Å². The van der Waals surface area contributed by atoms with Gasteiger partial charge >= 0.3 is 0 Å². The van der Waals surface area contributed by atoms with Gasteiger partial charge in [0.25, 0.3) is 0 Å². The van der Waals surface area contributed by atoms with Crippen molar-refractivity contribution in [2.24, 2.45) is 4.99 Å². The number of benzene rings is 2. The molecule has 0 saturated heterocycles. The Morgan fingerprint density at radius 2 is 1.97 bits per heavy atom. The van der Waals surface area contributed by atoms with Gasteiger partial charge in [0, 0.05) is 31.8 Å². The molecular formula is C23H30N6O2. The normalized spacial score (nSPS) is 11.3. The van der Waals surface area contributed by atoms with Crippen LogP contribution in [0, 0.1) is 0 Å². The third kappa shape index (κ3) is 6.21. The summed E-state index contributed by atoms with van der Waals surface area (Å²) < 4.78 is 12.6. The van der Waals surface area contributed by atoms with Crippen LogP contribution in [0.5, 0.6) is 11.5 Å². The lowest BCUT2D eigenvalue weighted by molar-refractivity contribution is 0.382. The van der Waals surface area contributed by atoms with Gasteiger partial charge in [0.1, 0.15) is 24.2 Å². The minimum absolute atomic E-state index is 0.581. The van der Waals surface area contributed by atoms with Gasteiger partial charge in [0.2, 0.25) is 0 Å². The molecule has 0 atom stereocenters. The second-order valence-electron chi connectivity index (χ2n) is 7.12. The molecule has 2 aromatic carbocycles. The molecule has 1 heterocycles. The smallest absolute Gasteiger partial charge is 0.194 e. The highest BCUT2D eigenvalue weighted by molar-refractivity contribution is 5.79. The third-order valence-electron chi connectivity index (χ3n) is 4.81. The average molecular weight is 423 g/mol. The van der Waals surface area contributed by atoms with Crippen molar-refractivity contribution in [3.8, 4) is 11.5 Å². The van der Waals surface area contributed by atoms with Crippen LogP contribution >= 0.6 is 0 Å². The van der Waals surface area contributed by atoms with E-state index in [-0.39, 0.29) is 0 Å². The zero-order valence-electron chi connectivity index (χ0n) is 18.6. The Labute approximate surface area is 183 Å². The van der Waals surface area contributed by atoms with Gasteiger partial charge in [-0.15, -0.1) is 0 Å². The summed E-state index contributed by atoms with van der Waals surface area (Å²) in [6.45, 7) is 4.78. The molecule has 0 unspecified atom stereocenters. The van der Waals surface area contributed by atoms with Crippen molar-refractivity contribution in [2.45, 2.75) is 26.6 Å². The molecule has 0 radical (unpaired) electrons. The molecule has 1 aromatic heterocycles. The summed E-state index contributed by atoms with van der Waals surface area (Å²) in [5.74, 6) is 2.40. The van der Waals surface area contributed by atoms with Crippen molar-refractivity contribution in [3.63, 3.8) is 0 Å². The van der Waals surface area contributed by atoms with Crippen LogP contribution in [0.4, 0.5) is 0 Å². The molecule has 8 heteroatoms. The van der Waals surface area contributed by atoms with Crippen molar-refractivity contribution < 1.29 is 9.47 Å². The van der Waals surface area contributed by atoms with Gasteiger partial charge in [-0.2, -0.15) is 5.10 Å². The highest BCUT2D eigenvalue weighted by Crippen LogP contribution is 2.25. The quantitative estimate of drug-likeness (QED) is 0.422. The van der Waals surface area contributed by atoms with Gasteiger partial charge in [0.05, 0.1) is 27.3 Å². The Balaban J connectivity index is 1.71. The number of aliphatic imine (C=N–C) groups is 1. The molecule has 0 aliphatic heterocycles. The van der Waals surface area contributed by atoms with Gasteiger partial charge in [0.15, 0.2) is 5.96 Å². The maximum Gasteiger partial charge on any atom is 0.194 e. The number of aromatic nitrogens is 3. The van der Waals surface area contributed by atoms with Gasteiger partial charge in [-0.25, -0.2) is 14.7 Å². The Kier molecular flexibility index (Phi) is 7.86. The zero-order valence-corrected chi connectivity index (χ0v) is 18.6. The Hall–Kier alpha value is -3.55. The minimum atomic E-state index is 0.581. The summed E-state index contributed by atoms with van der Waals surface area (Å²) >= 11 is 0. The first-order valence-corrected chi connectivity index (χ1v) is 10.2. The number of nitrogens with zero attached hydrogens (tertiary/aromatic N) is 5.